The highest BCUT2D eigenvalue weighted by atomic mass is 79.9. The van der Waals surface area contributed by atoms with E-state index in [2.05, 4.69) is 15.9 Å². The molecule has 1 nitrogen and oxygen atoms in total. The van der Waals surface area contributed by atoms with Crippen molar-refractivity contribution in [2.24, 2.45) is 5.73 Å². The van der Waals surface area contributed by atoms with Crippen molar-refractivity contribution in [3.8, 4) is 0 Å². The van der Waals surface area contributed by atoms with Crippen molar-refractivity contribution in [3.05, 3.63) is 69.4 Å². The number of benzene rings is 2. The summed E-state index contributed by atoms with van der Waals surface area (Å²) in [7, 11) is 0. The summed E-state index contributed by atoms with van der Waals surface area (Å²) in [6.45, 7) is 0. The van der Waals surface area contributed by atoms with Crippen molar-refractivity contribution in [1.82, 2.24) is 0 Å². The van der Waals surface area contributed by atoms with Gasteiger partial charge in [-0.2, -0.15) is 13.2 Å². The Hall–Kier alpha value is -1.40. The lowest BCUT2D eigenvalue weighted by molar-refractivity contribution is -0.138. The van der Waals surface area contributed by atoms with Crippen LogP contribution in [-0.2, 0) is 6.18 Å². The second kappa shape index (κ2) is 5.54. The van der Waals surface area contributed by atoms with E-state index in [0.29, 0.717) is 10.0 Å². The van der Waals surface area contributed by atoms with Crippen LogP contribution >= 0.6 is 15.9 Å². The molecular formula is C14H10BrF4N. The van der Waals surface area contributed by atoms with Crippen molar-refractivity contribution in [1.29, 1.82) is 0 Å². The molecule has 1 atom stereocenters. The average molecular weight is 348 g/mol. The predicted octanol–water partition coefficient (Wildman–Crippen LogP) is 4.66. The number of hydrogen-bond donors (Lipinski definition) is 1. The molecule has 0 saturated heterocycles. The van der Waals surface area contributed by atoms with Crippen LogP contribution in [0.25, 0.3) is 0 Å². The fourth-order valence-electron chi connectivity index (χ4n) is 1.89. The molecule has 2 rings (SSSR count). The van der Waals surface area contributed by atoms with Gasteiger partial charge in [-0.15, -0.1) is 0 Å². The molecule has 0 fully saturated rings. The lowest BCUT2D eigenvalue weighted by atomic mass is 9.95. The molecule has 0 heterocycles. The van der Waals surface area contributed by atoms with Crippen LogP contribution in [0.15, 0.2) is 46.9 Å². The molecule has 1 unspecified atom stereocenters. The lowest BCUT2D eigenvalue weighted by Crippen LogP contribution is -2.18. The number of halogens is 5. The molecule has 106 valence electrons. The number of nitrogens with two attached hydrogens (primary N) is 1. The van der Waals surface area contributed by atoms with Crippen LogP contribution in [0.1, 0.15) is 22.7 Å². The Bertz CT molecular complexity index is 608. The monoisotopic (exact) mass is 347 g/mol. The van der Waals surface area contributed by atoms with E-state index < -0.39 is 23.6 Å². The van der Waals surface area contributed by atoms with E-state index >= 15 is 0 Å². The van der Waals surface area contributed by atoms with Crippen LogP contribution in [0.4, 0.5) is 17.6 Å². The van der Waals surface area contributed by atoms with Gasteiger partial charge in [-0.25, -0.2) is 4.39 Å². The molecule has 2 aromatic carbocycles. The summed E-state index contributed by atoms with van der Waals surface area (Å²) >= 11 is 3.01. The maximum Gasteiger partial charge on any atom is 0.416 e. The van der Waals surface area contributed by atoms with Crippen molar-refractivity contribution < 1.29 is 17.6 Å². The maximum atomic E-state index is 13.0. The minimum atomic E-state index is -4.50. The number of rotatable bonds is 2. The summed E-state index contributed by atoms with van der Waals surface area (Å²) in [6.07, 6.45) is -4.50. The second-order valence-electron chi connectivity index (χ2n) is 4.26. The highest BCUT2D eigenvalue weighted by Gasteiger charge is 2.35. The van der Waals surface area contributed by atoms with Crippen LogP contribution in [-0.4, -0.2) is 0 Å². The average Bonchev–Trinajstić information content (AvgIpc) is 2.38. The Labute approximate surface area is 121 Å². The van der Waals surface area contributed by atoms with Crippen molar-refractivity contribution in [2.45, 2.75) is 12.2 Å². The molecule has 0 amide bonds. The first-order valence-corrected chi connectivity index (χ1v) is 6.46. The highest BCUT2D eigenvalue weighted by Crippen LogP contribution is 2.37. The summed E-state index contributed by atoms with van der Waals surface area (Å²) in [5.41, 5.74) is 5.44. The van der Waals surface area contributed by atoms with Crippen LogP contribution in [0.3, 0.4) is 0 Å². The smallest absolute Gasteiger partial charge is 0.320 e. The van der Waals surface area contributed by atoms with Crippen molar-refractivity contribution in [2.75, 3.05) is 0 Å². The first kappa shape index (κ1) is 15.0. The second-order valence-corrected chi connectivity index (χ2v) is 5.17. The van der Waals surface area contributed by atoms with Crippen LogP contribution in [0, 0.1) is 5.82 Å². The molecule has 0 aliphatic rings. The van der Waals surface area contributed by atoms with Gasteiger partial charge in [0, 0.05) is 4.47 Å². The molecule has 0 aliphatic carbocycles. The van der Waals surface area contributed by atoms with E-state index in [1.807, 2.05) is 0 Å². The summed E-state index contributed by atoms with van der Waals surface area (Å²) < 4.78 is 52.3. The number of alkyl halides is 3. The third-order valence-electron chi connectivity index (χ3n) is 2.88. The molecule has 0 bridgehead atoms. The van der Waals surface area contributed by atoms with Crippen LogP contribution in [0.2, 0.25) is 0 Å². The largest absolute Gasteiger partial charge is 0.416 e. The van der Waals surface area contributed by atoms with E-state index in [0.717, 1.165) is 6.07 Å². The van der Waals surface area contributed by atoms with Crippen molar-refractivity contribution >= 4 is 15.9 Å². The van der Waals surface area contributed by atoms with Gasteiger partial charge in [0.2, 0.25) is 0 Å². The standard InChI is InChI=1S/C14H10BrF4N/c15-9-3-6-11(12(7-9)14(17,18)19)13(20)8-1-4-10(16)5-2-8/h1-7,13H,20H2. The van der Waals surface area contributed by atoms with Gasteiger partial charge in [0.25, 0.3) is 0 Å². The van der Waals surface area contributed by atoms with Crippen molar-refractivity contribution in [3.63, 3.8) is 0 Å². The third-order valence-corrected chi connectivity index (χ3v) is 3.38. The Morgan fingerprint density at radius 2 is 1.60 bits per heavy atom. The molecule has 0 aromatic heterocycles. The van der Waals surface area contributed by atoms with Gasteiger partial charge < -0.3 is 5.73 Å². The molecule has 2 aromatic rings. The highest BCUT2D eigenvalue weighted by molar-refractivity contribution is 9.10. The molecule has 2 N–H and O–H groups in total. The first-order chi connectivity index (χ1) is 9.29. The molecule has 20 heavy (non-hydrogen) atoms. The van der Waals surface area contributed by atoms with E-state index in [4.69, 9.17) is 5.73 Å². The van der Waals surface area contributed by atoms with E-state index in [1.165, 1.54) is 36.4 Å². The Balaban J connectivity index is 2.49. The molecule has 0 radical (unpaired) electrons. The predicted molar refractivity (Wildman–Crippen MR) is 71.6 cm³/mol. The van der Waals surface area contributed by atoms with Gasteiger partial charge in [0.1, 0.15) is 5.82 Å². The quantitative estimate of drug-likeness (QED) is 0.786. The molecule has 0 spiro atoms. The lowest BCUT2D eigenvalue weighted by Gasteiger charge is -2.19. The summed E-state index contributed by atoms with van der Waals surface area (Å²) in [4.78, 5) is 0. The fraction of sp³-hybridized carbons (Fsp3) is 0.143. The molecule has 0 saturated carbocycles. The van der Waals surface area contributed by atoms with E-state index in [1.54, 1.807) is 0 Å². The number of hydrogen-bond acceptors (Lipinski definition) is 1. The normalized spacial score (nSPS) is 13.3. The zero-order chi connectivity index (χ0) is 14.9. The molecule has 0 aliphatic heterocycles. The zero-order valence-electron chi connectivity index (χ0n) is 10.1. The molecular weight excluding hydrogens is 338 g/mol. The Kier molecular flexibility index (Phi) is 4.15. The Morgan fingerprint density at radius 1 is 1.00 bits per heavy atom. The zero-order valence-corrected chi connectivity index (χ0v) is 11.7. The molecule has 6 heteroatoms. The SMILES string of the molecule is NC(c1ccc(F)cc1)c1ccc(Br)cc1C(F)(F)F. The Morgan fingerprint density at radius 3 is 2.15 bits per heavy atom. The van der Waals surface area contributed by atoms with Gasteiger partial charge in [0.05, 0.1) is 11.6 Å². The fourth-order valence-corrected chi connectivity index (χ4v) is 2.26. The summed E-state index contributed by atoms with van der Waals surface area (Å²) in [5, 5.41) is 0. The van der Waals surface area contributed by atoms with Crippen LogP contribution in [0.5, 0.6) is 0 Å². The van der Waals surface area contributed by atoms with E-state index in [9.17, 15) is 17.6 Å². The minimum Gasteiger partial charge on any atom is -0.320 e. The van der Waals surface area contributed by atoms with Gasteiger partial charge in [-0.1, -0.05) is 34.1 Å². The van der Waals surface area contributed by atoms with Gasteiger partial charge in [-0.05, 0) is 35.4 Å². The maximum absolute atomic E-state index is 13.0. The summed E-state index contributed by atoms with van der Waals surface area (Å²) in [6, 6.07) is 7.92. The van der Waals surface area contributed by atoms with Gasteiger partial charge in [-0.3, -0.25) is 0 Å². The minimum absolute atomic E-state index is 0.0488. The third kappa shape index (κ3) is 3.19. The topological polar surface area (TPSA) is 26.0 Å². The van der Waals surface area contributed by atoms with E-state index in [-0.39, 0.29) is 5.56 Å². The van der Waals surface area contributed by atoms with Gasteiger partial charge in [0.15, 0.2) is 0 Å². The van der Waals surface area contributed by atoms with Crippen LogP contribution < -0.4 is 5.73 Å². The van der Waals surface area contributed by atoms with Gasteiger partial charge >= 0.3 is 6.18 Å². The first-order valence-electron chi connectivity index (χ1n) is 5.66. The summed E-state index contributed by atoms with van der Waals surface area (Å²) in [5.74, 6) is -0.465.